The summed E-state index contributed by atoms with van der Waals surface area (Å²) in [6.07, 6.45) is -7.37. The summed E-state index contributed by atoms with van der Waals surface area (Å²) >= 11 is 0. The van der Waals surface area contributed by atoms with Crippen LogP contribution in [0.1, 0.15) is 12.5 Å². The Labute approximate surface area is 215 Å². The van der Waals surface area contributed by atoms with Gasteiger partial charge in [-0.3, -0.25) is 9.59 Å². The van der Waals surface area contributed by atoms with E-state index in [4.69, 9.17) is 4.74 Å². The van der Waals surface area contributed by atoms with Crippen molar-refractivity contribution >= 4 is 22.6 Å². The van der Waals surface area contributed by atoms with Gasteiger partial charge in [0.25, 0.3) is 5.56 Å². The molecule has 10 nitrogen and oxygen atoms in total. The summed E-state index contributed by atoms with van der Waals surface area (Å²) in [5.74, 6) is -1.26. The lowest BCUT2D eigenvalue weighted by Gasteiger charge is -2.21. The Morgan fingerprint density at radius 3 is 2.59 bits per heavy atom. The van der Waals surface area contributed by atoms with Crippen molar-refractivity contribution in [3.8, 4) is 28.5 Å². The van der Waals surface area contributed by atoms with Crippen LogP contribution >= 0.6 is 0 Å². The largest absolute Gasteiger partial charge is 0.586 e. The molecule has 1 amide bonds. The van der Waals surface area contributed by atoms with Gasteiger partial charge in [0.2, 0.25) is 5.91 Å². The molecule has 0 aliphatic carbocycles. The molecular weight excluding hydrogens is 533 g/mol. The average Bonchev–Trinajstić information content (AvgIpc) is 3.48. The van der Waals surface area contributed by atoms with Gasteiger partial charge < -0.3 is 24.1 Å². The number of hydrogen-bond donors (Lipinski definition) is 1. The summed E-state index contributed by atoms with van der Waals surface area (Å²) in [7, 11) is 1.20. The van der Waals surface area contributed by atoms with E-state index in [2.05, 4.69) is 24.5 Å². The number of methoxy groups -OCH3 is 1. The molecule has 0 radical (unpaired) electrons. The molecule has 1 aliphatic heterocycles. The molecule has 0 bridgehead atoms. The number of likely N-dealkylation sites (N-methyl/N-ethyl adjacent to an activating group) is 1. The molecule has 39 heavy (non-hydrogen) atoms. The number of amides is 1. The van der Waals surface area contributed by atoms with Crippen molar-refractivity contribution in [1.82, 2.24) is 19.7 Å². The molecule has 0 atom stereocenters. The van der Waals surface area contributed by atoms with Crippen molar-refractivity contribution in [1.29, 1.82) is 0 Å². The minimum Gasteiger partial charge on any atom is -0.497 e. The molecular formula is C24H18F5N5O5. The molecule has 1 N–H and O–H groups in total. The van der Waals surface area contributed by atoms with Gasteiger partial charge >= 0.3 is 12.5 Å². The maximum atomic E-state index is 13.5. The van der Waals surface area contributed by atoms with E-state index in [0.29, 0.717) is 0 Å². The molecule has 0 spiro atoms. The number of hydrogen-bond acceptors (Lipinski definition) is 7. The second-order valence-corrected chi connectivity index (χ2v) is 8.32. The Balaban J connectivity index is 1.54. The summed E-state index contributed by atoms with van der Waals surface area (Å²) in [5, 5.41) is 4.18. The van der Waals surface area contributed by atoms with Crippen LogP contribution in [0.4, 0.5) is 27.6 Å². The number of H-pyrrole nitrogens is 1. The van der Waals surface area contributed by atoms with Crippen LogP contribution in [0.3, 0.4) is 0 Å². The number of ether oxygens (including phenoxy) is 3. The zero-order valence-electron chi connectivity index (χ0n) is 20.2. The van der Waals surface area contributed by atoms with Crippen LogP contribution in [0.5, 0.6) is 17.2 Å². The van der Waals surface area contributed by atoms with Gasteiger partial charge in [0.15, 0.2) is 11.5 Å². The van der Waals surface area contributed by atoms with Gasteiger partial charge in [0.1, 0.15) is 29.0 Å². The van der Waals surface area contributed by atoms with E-state index in [0.717, 1.165) is 16.8 Å². The highest BCUT2D eigenvalue weighted by atomic mass is 19.4. The molecule has 204 valence electrons. The number of alkyl halides is 5. The molecule has 1 aliphatic rings. The number of aromatic nitrogens is 4. The van der Waals surface area contributed by atoms with E-state index < -0.39 is 36.0 Å². The van der Waals surface area contributed by atoms with Crippen LogP contribution in [-0.2, 0) is 17.5 Å². The Morgan fingerprint density at radius 2 is 1.90 bits per heavy atom. The fourth-order valence-corrected chi connectivity index (χ4v) is 4.12. The Kier molecular flexibility index (Phi) is 6.15. The number of fused-ring (bicyclic) bond motifs is 2. The SMILES string of the molecule is CCN(C(=O)Cn1nc(-c2cc(OC)cc(C(F)(F)F)c2)c2nc[nH]c2c1=O)c1ccc2c(c1)OC(F)(F)O2. The lowest BCUT2D eigenvalue weighted by molar-refractivity contribution is -0.286. The second-order valence-electron chi connectivity index (χ2n) is 8.32. The second kappa shape index (κ2) is 9.25. The van der Waals surface area contributed by atoms with Crippen LogP contribution in [-0.4, -0.2) is 45.6 Å². The molecule has 0 unspecified atom stereocenters. The third kappa shape index (κ3) is 4.82. The van der Waals surface area contributed by atoms with Gasteiger partial charge in [-0.05, 0) is 37.3 Å². The number of anilines is 1. The number of nitrogens with one attached hydrogen (secondary N) is 1. The summed E-state index contributed by atoms with van der Waals surface area (Å²) in [5.41, 5.74) is -1.82. The number of rotatable bonds is 6. The maximum absolute atomic E-state index is 13.5. The number of halogens is 5. The molecule has 0 fully saturated rings. The number of benzene rings is 2. The zero-order chi connectivity index (χ0) is 28.1. The fraction of sp³-hybridized carbons (Fsp3) is 0.250. The summed E-state index contributed by atoms with van der Waals surface area (Å²) < 4.78 is 82.0. The van der Waals surface area contributed by atoms with E-state index in [1.54, 1.807) is 6.92 Å². The number of carbonyl (C=O) groups excluding carboxylic acids is 1. The highest BCUT2D eigenvalue weighted by Gasteiger charge is 2.43. The Morgan fingerprint density at radius 1 is 1.15 bits per heavy atom. The summed E-state index contributed by atoms with van der Waals surface area (Å²) in [4.78, 5) is 34.2. The first-order valence-electron chi connectivity index (χ1n) is 11.3. The van der Waals surface area contributed by atoms with Crippen LogP contribution in [0, 0.1) is 0 Å². The Hall–Kier alpha value is -4.69. The lowest BCUT2D eigenvalue weighted by atomic mass is 10.1. The van der Waals surface area contributed by atoms with Gasteiger partial charge in [0, 0.05) is 23.9 Å². The number of carbonyl (C=O) groups is 1. The van der Waals surface area contributed by atoms with Crippen LogP contribution in [0.2, 0.25) is 0 Å². The molecule has 0 saturated carbocycles. The maximum Gasteiger partial charge on any atom is 0.586 e. The standard InChI is InChI=1S/C24H18F5N5O5/c1-3-33(14-4-5-16-17(9-14)39-24(28,29)38-16)18(35)10-34-22(36)21-20(30-11-31-21)19(32-34)12-6-13(23(25,26)27)8-15(7-12)37-2/h4-9,11H,3,10H2,1-2H3,(H,30,31). The predicted molar refractivity (Wildman–Crippen MR) is 126 cm³/mol. The summed E-state index contributed by atoms with van der Waals surface area (Å²) in [6, 6.07) is 6.69. The van der Waals surface area contributed by atoms with Crippen molar-refractivity contribution < 1.29 is 41.0 Å². The van der Waals surface area contributed by atoms with Crippen molar-refractivity contribution in [2.24, 2.45) is 0 Å². The molecule has 5 rings (SSSR count). The van der Waals surface area contributed by atoms with E-state index in [1.165, 1.54) is 42.6 Å². The van der Waals surface area contributed by atoms with Crippen molar-refractivity contribution in [2.45, 2.75) is 25.9 Å². The van der Waals surface area contributed by atoms with E-state index in [1.807, 2.05) is 0 Å². The molecule has 3 heterocycles. The van der Waals surface area contributed by atoms with Gasteiger partial charge in [-0.15, -0.1) is 8.78 Å². The predicted octanol–water partition coefficient (Wildman–Crippen LogP) is 4.19. The van der Waals surface area contributed by atoms with Gasteiger partial charge in [-0.25, -0.2) is 9.67 Å². The quantitative estimate of drug-likeness (QED) is 0.358. The third-order valence-electron chi connectivity index (χ3n) is 5.87. The lowest BCUT2D eigenvalue weighted by Crippen LogP contribution is -2.37. The highest BCUT2D eigenvalue weighted by Crippen LogP contribution is 2.43. The highest BCUT2D eigenvalue weighted by molar-refractivity contribution is 5.94. The molecule has 4 aromatic rings. The Bertz CT molecular complexity index is 1650. The van der Waals surface area contributed by atoms with E-state index in [-0.39, 0.29) is 51.8 Å². The first-order valence-corrected chi connectivity index (χ1v) is 11.3. The topological polar surface area (TPSA) is 112 Å². The monoisotopic (exact) mass is 551 g/mol. The van der Waals surface area contributed by atoms with Gasteiger partial charge in [-0.1, -0.05) is 0 Å². The first-order chi connectivity index (χ1) is 18.4. The zero-order valence-corrected chi connectivity index (χ0v) is 20.2. The fourth-order valence-electron chi connectivity index (χ4n) is 4.12. The summed E-state index contributed by atoms with van der Waals surface area (Å²) in [6.45, 7) is 1.06. The molecule has 2 aromatic carbocycles. The number of aromatic amines is 1. The van der Waals surface area contributed by atoms with Crippen molar-refractivity contribution in [3.63, 3.8) is 0 Å². The molecule has 15 heteroatoms. The molecule has 0 saturated heterocycles. The molecule has 2 aromatic heterocycles. The smallest absolute Gasteiger partial charge is 0.497 e. The van der Waals surface area contributed by atoms with E-state index >= 15 is 0 Å². The third-order valence-corrected chi connectivity index (χ3v) is 5.87. The van der Waals surface area contributed by atoms with Crippen LogP contribution < -0.4 is 24.7 Å². The number of nitrogens with zero attached hydrogens (tertiary/aromatic N) is 4. The number of imidazole rings is 1. The average molecular weight is 551 g/mol. The minimum atomic E-state index is -4.70. The van der Waals surface area contributed by atoms with Gasteiger partial charge in [0.05, 0.1) is 19.0 Å². The van der Waals surface area contributed by atoms with Crippen molar-refractivity contribution in [2.75, 3.05) is 18.6 Å². The van der Waals surface area contributed by atoms with Gasteiger partial charge in [-0.2, -0.15) is 18.3 Å². The first kappa shape index (κ1) is 25.9. The van der Waals surface area contributed by atoms with E-state index in [9.17, 15) is 31.5 Å². The van der Waals surface area contributed by atoms with Crippen LogP contribution in [0.15, 0.2) is 47.5 Å². The normalized spacial score (nSPS) is 14.0. The minimum absolute atomic E-state index is 0.00544. The van der Waals surface area contributed by atoms with Crippen molar-refractivity contribution in [3.05, 3.63) is 58.6 Å². The van der Waals surface area contributed by atoms with Crippen LogP contribution in [0.25, 0.3) is 22.3 Å².